The number of aliphatic carboxylic acids is 1. The van der Waals surface area contributed by atoms with Crippen LogP contribution in [0.4, 0.5) is 0 Å². The zero-order valence-corrected chi connectivity index (χ0v) is 24.1. The predicted molar refractivity (Wildman–Crippen MR) is 144 cm³/mol. The number of carboxylic acid groups (broad SMARTS) is 1. The molecule has 0 aromatic rings. The Morgan fingerprint density at radius 1 is 0.865 bits per heavy atom. The monoisotopic (exact) mass is 514 g/mol. The number of carboxylic acids is 1. The summed E-state index contributed by atoms with van der Waals surface area (Å²) in [5.41, 5.74) is 1.04. The van der Waals surface area contributed by atoms with Gasteiger partial charge in [0, 0.05) is 0 Å². The van der Waals surface area contributed by atoms with Gasteiger partial charge < -0.3 is 14.9 Å². The van der Waals surface area contributed by atoms with Crippen molar-refractivity contribution in [2.45, 2.75) is 112 Å². The molecule has 5 aliphatic carbocycles. The van der Waals surface area contributed by atoms with Gasteiger partial charge in [-0.1, -0.05) is 46.8 Å². The van der Waals surface area contributed by atoms with Crippen molar-refractivity contribution in [3.05, 3.63) is 12.2 Å². The lowest BCUT2D eigenvalue weighted by atomic mass is 9.32. The highest BCUT2D eigenvalue weighted by Gasteiger charge is 2.72. The van der Waals surface area contributed by atoms with Crippen LogP contribution in [0.2, 0.25) is 0 Å². The molecule has 5 nitrogen and oxygen atoms in total. The number of fused-ring (bicyclic) bond motifs is 7. The van der Waals surface area contributed by atoms with Gasteiger partial charge in [0.05, 0.1) is 11.5 Å². The zero-order valence-electron chi connectivity index (χ0n) is 24.1. The molecule has 0 radical (unpaired) electrons. The van der Waals surface area contributed by atoms with Crippen molar-refractivity contribution in [1.82, 2.24) is 0 Å². The average molecular weight is 515 g/mol. The van der Waals surface area contributed by atoms with Crippen molar-refractivity contribution in [3.63, 3.8) is 0 Å². The summed E-state index contributed by atoms with van der Waals surface area (Å²) in [7, 11) is 0. The quantitative estimate of drug-likeness (QED) is 0.325. The first-order valence-corrected chi connectivity index (χ1v) is 14.9. The number of allylic oxidation sites excluding steroid dienone is 1. The molecule has 0 saturated heterocycles. The summed E-state index contributed by atoms with van der Waals surface area (Å²) in [6.07, 6.45) is 9.94. The third kappa shape index (κ3) is 3.50. The number of carbonyl (C=O) groups excluding carboxylic acids is 1. The van der Waals surface area contributed by atoms with Crippen LogP contribution in [0.3, 0.4) is 0 Å². The molecule has 10 atom stereocenters. The Balaban J connectivity index is 1.53. The highest BCUT2D eigenvalue weighted by Crippen LogP contribution is 2.77. The van der Waals surface area contributed by atoms with Crippen LogP contribution >= 0.6 is 0 Å². The molecule has 5 fully saturated rings. The van der Waals surface area contributed by atoms with E-state index in [1.807, 2.05) is 0 Å². The number of aliphatic hydroxyl groups excluding tert-OH is 1. The summed E-state index contributed by atoms with van der Waals surface area (Å²) in [5.74, 6) is 0.655. The van der Waals surface area contributed by atoms with Crippen molar-refractivity contribution >= 4 is 11.9 Å². The van der Waals surface area contributed by atoms with E-state index in [9.17, 15) is 19.8 Å². The van der Waals surface area contributed by atoms with Crippen LogP contribution in [0.15, 0.2) is 12.2 Å². The number of ether oxygens (including phenoxy) is 1. The minimum absolute atomic E-state index is 0.0573. The molecule has 0 aromatic heterocycles. The molecule has 0 bridgehead atoms. The number of rotatable bonds is 4. The van der Waals surface area contributed by atoms with Crippen molar-refractivity contribution in [2.24, 2.45) is 56.7 Å². The van der Waals surface area contributed by atoms with Crippen molar-refractivity contribution in [3.8, 4) is 0 Å². The van der Waals surface area contributed by atoms with Crippen LogP contribution in [-0.2, 0) is 14.3 Å². The van der Waals surface area contributed by atoms with Gasteiger partial charge in [0.25, 0.3) is 0 Å². The molecule has 208 valence electrons. The second kappa shape index (κ2) is 8.57. The fourth-order valence-corrected chi connectivity index (χ4v) is 11.8. The normalized spacial score (nSPS) is 50.1. The minimum Gasteiger partial charge on any atom is -0.479 e. The van der Waals surface area contributed by atoms with Gasteiger partial charge in [-0.25, -0.2) is 4.79 Å². The van der Waals surface area contributed by atoms with Crippen LogP contribution in [0.5, 0.6) is 0 Å². The second-order valence-electron chi connectivity index (χ2n) is 15.2. The van der Waals surface area contributed by atoms with E-state index in [1.165, 1.54) is 12.8 Å². The largest absolute Gasteiger partial charge is 0.479 e. The molecule has 2 N–H and O–H groups in total. The van der Waals surface area contributed by atoms with E-state index in [4.69, 9.17) is 4.74 Å². The molecule has 0 aliphatic heterocycles. The molecule has 0 aromatic carbocycles. The Morgan fingerprint density at radius 2 is 1.57 bits per heavy atom. The van der Waals surface area contributed by atoms with Gasteiger partial charge in [0.15, 0.2) is 6.61 Å². The summed E-state index contributed by atoms with van der Waals surface area (Å²) in [6.45, 7) is 18.2. The molecule has 1 unspecified atom stereocenters. The number of aliphatic hydroxyl groups is 1. The van der Waals surface area contributed by atoms with Crippen LogP contribution in [-0.4, -0.2) is 34.9 Å². The van der Waals surface area contributed by atoms with E-state index in [0.29, 0.717) is 17.8 Å². The summed E-state index contributed by atoms with van der Waals surface area (Å²) >= 11 is 0. The topological polar surface area (TPSA) is 83.8 Å². The lowest BCUT2D eigenvalue weighted by molar-refractivity contribution is -0.248. The molecule has 5 rings (SSSR count). The first-order valence-electron chi connectivity index (χ1n) is 14.9. The average Bonchev–Trinajstić information content (AvgIpc) is 3.22. The van der Waals surface area contributed by atoms with E-state index in [-0.39, 0.29) is 45.6 Å². The number of carbonyl (C=O) groups is 2. The highest BCUT2D eigenvalue weighted by molar-refractivity contribution is 5.81. The predicted octanol–water partition coefficient (Wildman–Crippen LogP) is 6.63. The molecule has 0 spiro atoms. The third-order valence-corrected chi connectivity index (χ3v) is 13.8. The van der Waals surface area contributed by atoms with Gasteiger partial charge in [-0.3, -0.25) is 4.79 Å². The van der Waals surface area contributed by atoms with Gasteiger partial charge in [-0.15, -0.1) is 0 Å². The SMILES string of the molecule is C=C(C)[C@@H]1CCC2(C(=O)OCC(=O)O)CC[C@]3(C)[C@H](CC[C@@H]4[C@@]5(C)CC[C@H](O)C(C)(C)[C@@H]5CC[C@]43C)[C@@H]12. The summed E-state index contributed by atoms with van der Waals surface area (Å²) in [5, 5.41) is 20.1. The number of esters is 1. The van der Waals surface area contributed by atoms with Gasteiger partial charge >= 0.3 is 11.9 Å². The van der Waals surface area contributed by atoms with E-state index >= 15 is 0 Å². The van der Waals surface area contributed by atoms with Crippen LogP contribution in [0, 0.1) is 56.7 Å². The van der Waals surface area contributed by atoms with Gasteiger partial charge in [-0.05, 0) is 122 Å². The summed E-state index contributed by atoms with van der Waals surface area (Å²) < 4.78 is 5.45. The van der Waals surface area contributed by atoms with Crippen LogP contribution < -0.4 is 0 Å². The zero-order chi connectivity index (χ0) is 27.2. The highest BCUT2D eigenvalue weighted by atomic mass is 16.6. The smallest absolute Gasteiger partial charge is 0.341 e. The van der Waals surface area contributed by atoms with E-state index in [0.717, 1.165) is 56.9 Å². The molecule has 5 heteroatoms. The Labute approximate surface area is 223 Å². The fraction of sp³-hybridized carbons (Fsp3) is 0.875. The van der Waals surface area contributed by atoms with Gasteiger partial charge in [-0.2, -0.15) is 0 Å². The minimum atomic E-state index is -1.09. The number of hydrogen-bond acceptors (Lipinski definition) is 4. The Bertz CT molecular complexity index is 986. The van der Waals surface area contributed by atoms with Gasteiger partial charge in [0.2, 0.25) is 0 Å². The number of hydrogen-bond donors (Lipinski definition) is 2. The lowest BCUT2D eigenvalue weighted by Gasteiger charge is -2.72. The van der Waals surface area contributed by atoms with Gasteiger partial charge in [0.1, 0.15) is 0 Å². The first-order chi connectivity index (χ1) is 17.1. The summed E-state index contributed by atoms with van der Waals surface area (Å²) in [4.78, 5) is 24.8. The standard InChI is InChI=1S/C32H50O5/c1-19(2)20-10-15-32(27(36)37-18-25(34)35)17-16-30(6)21(26(20)32)8-9-23-29(5)13-12-24(33)28(3,4)22(29)11-14-31(23,30)7/h20-24,26,33H,1,8-18H2,2-7H3,(H,34,35)/t20-,21+,22-,23+,24-,26+,29-,30+,31+,32?/m0/s1. The van der Waals surface area contributed by atoms with E-state index in [1.54, 1.807) is 0 Å². The van der Waals surface area contributed by atoms with E-state index < -0.39 is 18.0 Å². The summed E-state index contributed by atoms with van der Waals surface area (Å²) in [6, 6.07) is 0. The Kier molecular flexibility index (Phi) is 6.30. The molecule has 5 aliphatic rings. The maximum atomic E-state index is 13.6. The molecule has 0 heterocycles. The van der Waals surface area contributed by atoms with E-state index in [2.05, 4.69) is 48.1 Å². The maximum Gasteiger partial charge on any atom is 0.341 e. The Hall–Kier alpha value is -1.36. The molecule has 0 amide bonds. The van der Waals surface area contributed by atoms with Crippen molar-refractivity contribution < 1.29 is 24.5 Å². The lowest BCUT2D eigenvalue weighted by Crippen LogP contribution is -2.67. The maximum absolute atomic E-state index is 13.6. The Morgan fingerprint density at radius 3 is 2.22 bits per heavy atom. The van der Waals surface area contributed by atoms with Crippen LogP contribution in [0.1, 0.15) is 106 Å². The van der Waals surface area contributed by atoms with Crippen molar-refractivity contribution in [1.29, 1.82) is 0 Å². The molecular weight excluding hydrogens is 464 g/mol. The first kappa shape index (κ1) is 27.2. The fourth-order valence-electron chi connectivity index (χ4n) is 11.8. The molecule has 37 heavy (non-hydrogen) atoms. The van der Waals surface area contributed by atoms with Crippen molar-refractivity contribution in [2.75, 3.05) is 6.61 Å². The molecular formula is C32H50O5. The van der Waals surface area contributed by atoms with Crippen LogP contribution in [0.25, 0.3) is 0 Å². The second-order valence-corrected chi connectivity index (χ2v) is 15.2. The molecule has 5 saturated carbocycles. The third-order valence-electron chi connectivity index (χ3n) is 13.8.